The second-order valence-electron chi connectivity index (χ2n) is 8.10. The lowest BCUT2D eigenvalue weighted by atomic mass is 10.1. The third-order valence-corrected chi connectivity index (χ3v) is 7.70. The highest BCUT2D eigenvalue weighted by Gasteiger charge is 2.26. The Balaban J connectivity index is 0.00000324. The summed E-state index contributed by atoms with van der Waals surface area (Å²) in [6, 6.07) is 6.56. The minimum Gasteiger partial charge on any atom is -0.352 e. The molecule has 0 aliphatic carbocycles. The predicted octanol–water partition coefficient (Wildman–Crippen LogP) is 2.19. The third-order valence-electron chi connectivity index (χ3n) is 5.97. The molecule has 1 saturated heterocycles. The summed E-state index contributed by atoms with van der Waals surface area (Å²) in [6.45, 7) is 5.60. The Morgan fingerprint density at radius 1 is 1.09 bits per heavy atom. The fraction of sp³-hybridized carbons (Fsp3) is 0.409. The zero-order valence-electron chi connectivity index (χ0n) is 19.4. The van der Waals surface area contributed by atoms with E-state index in [0.717, 1.165) is 13.1 Å². The van der Waals surface area contributed by atoms with E-state index >= 15 is 0 Å². The number of aromatic nitrogens is 4. The van der Waals surface area contributed by atoms with Crippen molar-refractivity contribution in [1.29, 1.82) is 0 Å². The maximum Gasteiger partial charge on any atom is 0.261 e. The van der Waals surface area contributed by atoms with Gasteiger partial charge in [0, 0.05) is 77.5 Å². The summed E-state index contributed by atoms with van der Waals surface area (Å²) in [5.41, 5.74) is 0.958. The van der Waals surface area contributed by atoms with E-state index in [1.165, 1.54) is 16.6 Å². The Morgan fingerprint density at radius 3 is 2.41 bits per heavy atom. The standard InChI is InChI=1S/C22H28FN7O2S.ClH/c1-17-26-20(16-27(17)2)33(31,32)28(3)10-11-29-12-14-30(15-13-29)22-21(24-8-9-25-22)18-6-4-5-7-19(18)23;/h4-9,16H,10-15H2,1-3H3;1H. The van der Waals surface area contributed by atoms with Gasteiger partial charge in [-0.05, 0) is 19.1 Å². The summed E-state index contributed by atoms with van der Waals surface area (Å²) < 4.78 is 43.0. The molecular formula is C22H29ClFN7O2S. The van der Waals surface area contributed by atoms with Gasteiger partial charge in [-0.3, -0.25) is 9.88 Å². The van der Waals surface area contributed by atoms with Crippen LogP contribution in [0, 0.1) is 12.7 Å². The Hall–Kier alpha value is -2.60. The lowest BCUT2D eigenvalue weighted by Gasteiger charge is -2.36. The van der Waals surface area contributed by atoms with Crippen LogP contribution < -0.4 is 4.90 Å². The van der Waals surface area contributed by atoms with Crippen LogP contribution in [0.1, 0.15) is 5.82 Å². The number of halogens is 2. The molecule has 4 rings (SSSR count). The van der Waals surface area contributed by atoms with Gasteiger partial charge in [0.15, 0.2) is 10.8 Å². The number of hydrogen-bond donors (Lipinski definition) is 0. The maximum absolute atomic E-state index is 14.3. The monoisotopic (exact) mass is 509 g/mol. The van der Waals surface area contributed by atoms with E-state index in [4.69, 9.17) is 0 Å². The van der Waals surface area contributed by atoms with Gasteiger partial charge in [-0.1, -0.05) is 12.1 Å². The van der Waals surface area contributed by atoms with E-state index in [1.54, 1.807) is 56.2 Å². The molecule has 0 saturated carbocycles. The van der Waals surface area contributed by atoms with Crippen molar-refractivity contribution in [3.8, 4) is 11.3 Å². The fourth-order valence-electron chi connectivity index (χ4n) is 3.80. The zero-order chi connectivity index (χ0) is 23.6. The molecule has 2 aromatic heterocycles. The SMILES string of the molecule is Cc1nc(S(=O)(=O)N(C)CCN2CCN(c3nccnc3-c3ccccc3F)CC2)cn1C.Cl. The van der Waals surface area contributed by atoms with Crippen LogP contribution in [0.25, 0.3) is 11.3 Å². The normalized spacial score (nSPS) is 14.9. The number of piperazine rings is 1. The molecule has 1 aromatic carbocycles. The number of benzene rings is 1. The molecular weight excluding hydrogens is 481 g/mol. The molecule has 0 bridgehead atoms. The van der Waals surface area contributed by atoms with Crippen LogP contribution in [0.15, 0.2) is 47.9 Å². The second kappa shape index (κ2) is 10.8. The molecule has 0 N–H and O–H groups in total. The van der Waals surface area contributed by atoms with Crippen LogP contribution in [-0.4, -0.2) is 83.5 Å². The van der Waals surface area contributed by atoms with E-state index in [9.17, 15) is 12.8 Å². The quantitative estimate of drug-likeness (QED) is 0.482. The molecule has 1 aliphatic rings. The summed E-state index contributed by atoms with van der Waals surface area (Å²) in [4.78, 5) is 17.3. The number of anilines is 1. The summed E-state index contributed by atoms with van der Waals surface area (Å²) in [5.74, 6) is 0.981. The van der Waals surface area contributed by atoms with Crippen molar-refractivity contribution in [3.05, 3.63) is 54.5 Å². The van der Waals surface area contributed by atoms with Crippen molar-refractivity contribution in [1.82, 2.24) is 28.7 Å². The summed E-state index contributed by atoms with van der Waals surface area (Å²) in [6.07, 6.45) is 4.72. The summed E-state index contributed by atoms with van der Waals surface area (Å²) in [7, 11) is -0.272. The van der Waals surface area contributed by atoms with Crippen LogP contribution in [-0.2, 0) is 17.1 Å². The molecule has 0 atom stereocenters. The van der Waals surface area contributed by atoms with Crippen LogP contribution in [0.3, 0.4) is 0 Å². The number of aryl methyl sites for hydroxylation is 2. The summed E-state index contributed by atoms with van der Waals surface area (Å²) >= 11 is 0. The molecule has 0 unspecified atom stereocenters. The van der Waals surface area contributed by atoms with E-state index in [-0.39, 0.29) is 23.3 Å². The van der Waals surface area contributed by atoms with Crippen molar-refractivity contribution < 1.29 is 12.8 Å². The highest BCUT2D eigenvalue weighted by Crippen LogP contribution is 2.29. The van der Waals surface area contributed by atoms with Gasteiger partial charge < -0.3 is 9.47 Å². The average molecular weight is 510 g/mol. The third kappa shape index (κ3) is 5.38. The first-order valence-corrected chi connectivity index (χ1v) is 12.2. The molecule has 34 heavy (non-hydrogen) atoms. The Kier molecular flexibility index (Phi) is 8.24. The minimum absolute atomic E-state index is 0. The van der Waals surface area contributed by atoms with Crippen molar-refractivity contribution in [2.24, 2.45) is 7.05 Å². The van der Waals surface area contributed by atoms with Gasteiger partial charge in [0.1, 0.15) is 17.3 Å². The topological polar surface area (TPSA) is 87.5 Å². The Morgan fingerprint density at radius 2 is 1.76 bits per heavy atom. The van der Waals surface area contributed by atoms with E-state index in [1.807, 2.05) is 0 Å². The van der Waals surface area contributed by atoms with Gasteiger partial charge in [-0.15, -0.1) is 12.4 Å². The Bertz CT molecular complexity index is 1210. The highest BCUT2D eigenvalue weighted by atomic mass is 35.5. The maximum atomic E-state index is 14.3. The van der Waals surface area contributed by atoms with Gasteiger partial charge in [0.05, 0.1) is 0 Å². The van der Waals surface area contributed by atoms with Gasteiger partial charge in [-0.2, -0.15) is 4.31 Å². The van der Waals surface area contributed by atoms with Crippen molar-refractivity contribution in [3.63, 3.8) is 0 Å². The van der Waals surface area contributed by atoms with Gasteiger partial charge in [0.2, 0.25) is 0 Å². The Labute approximate surface area is 205 Å². The molecule has 3 aromatic rings. The smallest absolute Gasteiger partial charge is 0.261 e. The van der Waals surface area contributed by atoms with Crippen molar-refractivity contribution >= 4 is 28.2 Å². The first-order valence-electron chi connectivity index (χ1n) is 10.8. The largest absolute Gasteiger partial charge is 0.352 e. The molecule has 0 spiro atoms. The van der Waals surface area contributed by atoms with E-state index in [0.29, 0.717) is 49.1 Å². The molecule has 0 radical (unpaired) electrons. The molecule has 184 valence electrons. The number of hydrogen-bond acceptors (Lipinski definition) is 7. The first kappa shape index (κ1) is 26.0. The fourth-order valence-corrected chi connectivity index (χ4v) is 4.98. The number of imidazole rings is 1. The van der Waals surface area contributed by atoms with Gasteiger partial charge in [0.25, 0.3) is 10.0 Å². The predicted molar refractivity (Wildman–Crippen MR) is 131 cm³/mol. The minimum atomic E-state index is -3.63. The van der Waals surface area contributed by atoms with Crippen LogP contribution in [0.5, 0.6) is 0 Å². The number of rotatable bonds is 7. The number of nitrogens with zero attached hydrogens (tertiary/aromatic N) is 7. The summed E-state index contributed by atoms with van der Waals surface area (Å²) in [5, 5.41) is 0.0677. The average Bonchev–Trinajstić information content (AvgIpc) is 3.17. The molecule has 1 aliphatic heterocycles. The van der Waals surface area contributed by atoms with Gasteiger partial charge in [-0.25, -0.2) is 22.8 Å². The van der Waals surface area contributed by atoms with Crippen molar-refractivity contribution in [2.45, 2.75) is 11.9 Å². The van der Waals surface area contributed by atoms with Crippen LogP contribution in [0.4, 0.5) is 10.2 Å². The molecule has 12 heteroatoms. The van der Waals surface area contributed by atoms with Crippen LogP contribution >= 0.6 is 12.4 Å². The first-order chi connectivity index (χ1) is 15.8. The van der Waals surface area contributed by atoms with E-state index < -0.39 is 10.0 Å². The lowest BCUT2D eigenvalue weighted by Crippen LogP contribution is -2.49. The zero-order valence-corrected chi connectivity index (χ0v) is 21.1. The van der Waals surface area contributed by atoms with Crippen LogP contribution in [0.2, 0.25) is 0 Å². The van der Waals surface area contributed by atoms with Gasteiger partial charge >= 0.3 is 0 Å². The number of likely N-dealkylation sites (N-methyl/N-ethyl adjacent to an activating group) is 1. The van der Waals surface area contributed by atoms with E-state index in [2.05, 4.69) is 24.8 Å². The highest BCUT2D eigenvalue weighted by molar-refractivity contribution is 7.89. The number of sulfonamides is 1. The molecule has 3 heterocycles. The second-order valence-corrected chi connectivity index (χ2v) is 10.1. The lowest BCUT2D eigenvalue weighted by molar-refractivity contribution is 0.243. The molecule has 9 nitrogen and oxygen atoms in total. The molecule has 1 fully saturated rings. The van der Waals surface area contributed by atoms with Crippen molar-refractivity contribution in [2.75, 3.05) is 51.2 Å². The molecule has 0 amide bonds.